The van der Waals surface area contributed by atoms with Gasteiger partial charge in [0.2, 0.25) is 0 Å². The predicted molar refractivity (Wildman–Crippen MR) is 77.0 cm³/mol. The highest BCUT2D eigenvalue weighted by atomic mass is 32.2. The molecule has 106 valence electrons. The Bertz CT molecular complexity index is 708. The van der Waals surface area contributed by atoms with Gasteiger partial charge in [0.25, 0.3) is 0 Å². The summed E-state index contributed by atoms with van der Waals surface area (Å²) in [5.41, 5.74) is 6.28. The number of anilines is 1. The molecule has 2 N–H and O–H groups in total. The van der Waals surface area contributed by atoms with Gasteiger partial charge in [0.1, 0.15) is 11.5 Å². The van der Waals surface area contributed by atoms with Crippen LogP contribution in [0.5, 0.6) is 17.2 Å². The van der Waals surface area contributed by atoms with Crippen molar-refractivity contribution in [2.45, 2.75) is 4.90 Å². The summed E-state index contributed by atoms with van der Waals surface area (Å²) in [4.78, 5) is 0.243. The van der Waals surface area contributed by atoms with Crippen molar-refractivity contribution in [3.05, 3.63) is 42.5 Å². The number of methoxy groups -OCH3 is 1. The van der Waals surface area contributed by atoms with Crippen molar-refractivity contribution in [3.8, 4) is 17.2 Å². The maximum absolute atomic E-state index is 11.4. The molecule has 0 aromatic heterocycles. The van der Waals surface area contributed by atoms with Gasteiger partial charge in [-0.2, -0.15) is 0 Å². The van der Waals surface area contributed by atoms with Gasteiger partial charge in [-0.3, -0.25) is 0 Å². The normalized spacial score (nSPS) is 11.1. The summed E-state index contributed by atoms with van der Waals surface area (Å²) in [7, 11) is -1.65. The number of benzene rings is 2. The fraction of sp³-hybridized carbons (Fsp3) is 0.143. The molecule has 0 aliphatic carbocycles. The van der Waals surface area contributed by atoms with Crippen molar-refractivity contribution < 1.29 is 17.9 Å². The topological polar surface area (TPSA) is 78.6 Å². The molecule has 0 saturated heterocycles. The second kappa shape index (κ2) is 5.42. The van der Waals surface area contributed by atoms with Crippen LogP contribution in [0.25, 0.3) is 0 Å². The van der Waals surface area contributed by atoms with Gasteiger partial charge in [-0.25, -0.2) is 8.42 Å². The van der Waals surface area contributed by atoms with Crippen LogP contribution in [-0.4, -0.2) is 21.8 Å². The smallest absolute Gasteiger partial charge is 0.175 e. The maximum Gasteiger partial charge on any atom is 0.175 e. The highest BCUT2D eigenvalue weighted by Crippen LogP contribution is 2.30. The summed E-state index contributed by atoms with van der Waals surface area (Å²) in [5, 5.41) is 0. The van der Waals surface area contributed by atoms with Gasteiger partial charge < -0.3 is 15.2 Å². The molecule has 0 saturated carbocycles. The Hall–Kier alpha value is -2.21. The Kier molecular flexibility index (Phi) is 3.85. The number of nitrogen functional groups attached to an aromatic ring is 1. The van der Waals surface area contributed by atoms with E-state index in [1.54, 1.807) is 37.4 Å². The summed E-state index contributed by atoms with van der Waals surface area (Å²) < 4.78 is 33.4. The molecule has 20 heavy (non-hydrogen) atoms. The first-order chi connectivity index (χ1) is 9.40. The molecule has 2 rings (SSSR count). The molecule has 0 amide bonds. The minimum absolute atomic E-state index is 0.243. The van der Waals surface area contributed by atoms with Crippen LogP contribution in [0.15, 0.2) is 47.4 Å². The van der Waals surface area contributed by atoms with Gasteiger partial charge >= 0.3 is 0 Å². The van der Waals surface area contributed by atoms with Gasteiger partial charge in [0.15, 0.2) is 15.6 Å². The SMILES string of the molecule is COc1ccc(Oc2ccc(S(C)(=O)=O)cc2)c(N)c1. The van der Waals surface area contributed by atoms with E-state index < -0.39 is 9.84 Å². The first-order valence-electron chi connectivity index (χ1n) is 5.81. The van der Waals surface area contributed by atoms with Crippen molar-refractivity contribution >= 4 is 15.5 Å². The Balaban J connectivity index is 2.22. The molecule has 2 aromatic rings. The lowest BCUT2D eigenvalue weighted by Crippen LogP contribution is -1.97. The van der Waals surface area contributed by atoms with Gasteiger partial charge in [-0.1, -0.05) is 0 Å². The first kappa shape index (κ1) is 14.2. The number of ether oxygens (including phenoxy) is 2. The molecule has 6 heteroatoms. The fourth-order valence-electron chi connectivity index (χ4n) is 1.63. The lowest BCUT2D eigenvalue weighted by atomic mass is 10.2. The monoisotopic (exact) mass is 293 g/mol. The van der Waals surface area contributed by atoms with E-state index in [0.717, 1.165) is 6.26 Å². The Morgan fingerprint density at radius 3 is 2.10 bits per heavy atom. The maximum atomic E-state index is 11.4. The van der Waals surface area contributed by atoms with Crippen molar-refractivity contribution in [1.82, 2.24) is 0 Å². The van der Waals surface area contributed by atoms with E-state index in [0.29, 0.717) is 22.9 Å². The number of hydrogen-bond donors (Lipinski definition) is 1. The van der Waals surface area contributed by atoms with Crippen molar-refractivity contribution in [2.75, 3.05) is 19.1 Å². The van der Waals surface area contributed by atoms with E-state index in [1.807, 2.05) is 0 Å². The lowest BCUT2D eigenvalue weighted by molar-refractivity contribution is 0.413. The van der Waals surface area contributed by atoms with Crippen LogP contribution in [-0.2, 0) is 9.84 Å². The van der Waals surface area contributed by atoms with Crippen molar-refractivity contribution in [2.24, 2.45) is 0 Å². The molecule has 0 atom stereocenters. The van der Waals surface area contributed by atoms with Crippen LogP contribution in [0.4, 0.5) is 5.69 Å². The Morgan fingerprint density at radius 1 is 1.00 bits per heavy atom. The van der Waals surface area contributed by atoms with Gasteiger partial charge in [-0.15, -0.1) is 0 Å². The molecular weight excluding hydrogens is 278 g/mol. The largest absolute Gasteiger partial charge is 0.497 e. The van der Waals surface area contributed by atoms with Crippen LogP contribution in [0.2, 0.25) is 0 Å². The van der Waals surface area contributed by atoms with Gasteiger partial charge in [-0.05, 0) is 36.4 Å². The first-order valence-corrected chi connectivity index (χ1v) is 7.71. The predicted octanol–water partition coefficient (Wildman–Crippen LogP) is 2.47. The molecule has 0 aliphatic rings. The molecule has 0 fully saturated rings. The molecule has 5 nitrogen and oxygen atoms in total. The minimum Gasteiger partial charge on any atom is -0.497 e. The van der Waals surface area contributed by atoms with Crippen LogP contribution >= 0.6 is 0 Å². The Labute approximate surface area is 117 Å². The van der Waals surface area contributed by atoms with Crippen molar-refractivity contribution in [3.63, 3.8) is 0 Å². The summed E-state index contributed by atoms with van der Waals surface area (Å²) >= 11 is 0. The average molecular weight is 293 g/mol. The van der Waals surface area contributed by atoms with E-state index >= 15 is 0 Å². The fourth-order valence-corrected chi connectivity index (χ4v) is 2.26. The van der Waals surface area contributed by atoms with Crippen LogP contribution in [0.1, 0.15) is 0 Å². The molecule has 0 heterocycles. The number of rotatable bonds is 4. The highest BCUT2D eigenvalue weighted by Gasteiger charge is 2.08. The molecule has 2 aromatic carbocycles. The van der Waals surface area contributed by atoms with Crippen LogP contribution in [0, 0.1) is 0 Å². The van der Waals surface area contributed by atoms with E-state index in [2.05, 4.69) is 0 Å². The second-order valence-electron chi connectivity index (χ2n) is 4.25. The summed E-state index contributed by atoms with van der Waals surface area (Å²) in [6, 6.07) is 11.2. The average Bonchev–Trinajstić information content (AvgIpc) is 2.40. The Morgan fingerprint density at radius 2 is 1.60 bits per heavy atom. The van der Waals surface area contributed by atoms with Crippen LogP contribution in [0.3, 0.4) is 0 Å². The summed E-state index contributed by atoms with van der Waals surface area (Å²) in [5.74, 6) is 1.63. The van der Waals surface area contributed by atoms with Crippen molar-refractivity contribution in [1.29, 1.82) is 0 Å². The molecule has 0 spiro atoms. The molecular formula is C14H15NO4S. The third-order valence-corrected chi connectivity index (χ3v) is 3.83. The second-order valence-corrected chi connectivity index (χ2v) is 6.27. The molecule has 0 unspecified atom stereocenters. The van der Waals surface area contributed by atoms with Gasteiger partial charge in [0, 0.05) is 12.3 Å². The zero-order valence-corrected chi connectivity index (χ0v) is 12.0. The quantitative estimate of drug-likeness (QED) is 0.876. The number of sulfone groups is 1. The van der Waals surface area contributed by atoms with E-state index in [4.69, 9.17) is 15.2 Å². The van der Waals surface area contributed by atoms with E-state index in [9.17, 15) is 8.42 Å². The summed E-state index contributed by atoms with van der Waals surface area (Å²) in [6.07, 6.45) is 1.16. The highest BCUT2D eigenvalue weighted by molar-refractivity contribution is 7.90. The van der Waals surface area contributed by atoms with E-state index in [1.165, 1.54) is 12.1 Å². The molecule has 0 bridgehead atoms. The summed E-state index contributed by atoms with van der Waals surface area (Å²) in [6.45, 7) is 0. The number of hydrogen-bond acceptors (Lipinski definition) is 5. The standard InChI is InChI=1S/C14H15NO4S/c1-18-11-5-8-14(13(15)9-11)19-10-3-6-12(7-4-10)20(2,16)17/h3-9H,15H2,1-2H3. The lowest BCUT2D eigenvalue weighted by Gasteiger charge is -2.10. The molecule has 0 aliphatic heterocycles. The van der Waals surface area contributed by atoms with Crippen LogP contribution < -0.4 is 15.2 Å². The van der Waals surface area contributed by atoms with E-state index in [-0.39, 0.29) is 4.90 Å². The third-order valence-electron chi connectivity index (χ3n) is 2.70. The molecule has 0 radical (unpaired) electrons. The van der Waals surface area contributed by atoms with Gasteiger partial charge in [0.05, 0.1) is 17.7 Å². The zero-order chi connectivity index (χ0) is 14.8. The zero-order valence-electron chi connectivity index (χ0n) is 11.2. The minimum atomic E-state index is -3.21. The number of nitrogens with two attached hydrogens (primary N) is 1. The third kappa shape index (κ3) is 3.21.